The summed E-state index contributed by atoms with van der Waals surface area (Å²) in [5.74, 6) is -16.5. The van der Waals surface area contributed by atoms with Crippen LogP contribution in [0.4, 0.5) is 0 Å². The molecular formula is C82H92Cl2N6O24S. The van der Waals surface area contributed by atoms with E-state index in [0.29, 0.717) is 18.3 Å². The van der Waals surface area contributed by atoms with Crippen LogP contribution < -0.4 is 50.7 Å². The quantitative estimate of drug-likeness (QED) is 0.0355. The molecular weight excluding hydrogens is 1560 g/mol. The van der Waals surface area contributed by atoms with E-state index in [2.05, 4.69) is 21.3 Å². The molecule has 33 heteroatoms. The molecule has 0 aromatic heterocycles. The molecule has 1 saturated heterocycles. The van der Waals surface area contributed by atoms with E-state index in [1.165, 1.54) is 61.7 Å². The number of carbonyl (C=O) groups is 8. The van der Waals surface area contributed by atoms with E-state index in [-0.39, 0.29) is 110 Å². The summed E-state index contributed by atoms with van der Waals surface area (Å²) in [6.45, 7) is 5.28. The third-order valence-corrected chi connectivity index (χ3v) is 25.1. The summed E-state index contributed by atoms with van der Waals surface area (Å²) in [5.41, 5.74) is 4.29. The fraction of sp³-hybridized carbons (Fsp3) is 0.463. The van der Waals surface area contributed by atoms with Crippen molar-refractivity contribution in [3.8, 4) is 62.9 Å². The van der Waals surface area contributed by atoms with Gasteiger partial charge in [-0.15, -0.1) is 0 Å². The van der Waals surface area contributed by atoms with Gasteiger partial charge in [-0.3, -0.25) is 38.4 Å². The number of hydrogen-bond donors (Lipinski definition) is 14. The van der Waals surface area contributed by atoms with Gasteiger partial charge in [0, 0.05) is 62.4 Å². The molecule has 30 nitrogen and oxygen atoms in total. The number of halogens is 2. The van der Waals surface area contributed by atoms with E-state index in [9.17, 15) is 58.9 Å². The summed E-state index contributed by atoms with van der Waals surface area (Å²) in [4.78, 5) is 124. The minimum absolute atomic E-state index is 0.0598. The van der Waals surface area contributed by atoms with Crippen molar-refractivity contribution in [1.29, 1.82) is 0 Å². The number of aromatic hydroxyl groups is 3. The number of methoxy groups -OCH3 is 1. The largest absolute Gasteiger partial charge is 0.508 e. The van der Waals surface area contributed by atoms with E-state index >= 15 is 28.8 Å². The summed E-state index contributed by atoms with van der Waals surface area (Å²) < 4.78 is 66.6. The van der Waals surface area contributed by atoms with Crippen molar-refractivity contribution in [2.45, 2.75) is 169 Å². The van der Waals surface area contributed by atoms with Crippen LogP contribution >= 0.6 is 23.2 Å². The van der Waals surface area contributed by atoms with Gasteiger partial charge in [-0.05, 0) is 187 Å². The number of amides is 5. The molecule has 0 unspecified atom stereocenters. The molecule has 15 bridgehead atoms. The highest BCUT2D eigenvalue weighted by atomic mass is 35.5. The number of carbonyl (C=O) groups excluding carboxylic acids is 8. The van der Waals surface area contributed by atoms with E-state index in [0.717, 1.165) is 80.6 Å². The Bertz CT molecular complexity index is 4850. The van der Waals surface area contributed by atoms with E-state index < -0.39 is 213 Å². The van der Waals surface area contributed by atoms with Gasteiger partial charge in [-0.25, -0.2) is 13.1 Å². The number of fused-ring (bicyclic) bond motifs is 15. The van der Waals surface area contributed by atoms with Crippen molar-refractivity contribution < 1.29 is 116 Å². The fourth-order valence-electron chi connectivity index (χ4n) is 17.5. The van der Waals surface area contributed by atoms with Crippen LogP contribution in [0.1, 0.15) is 149 Å². The van der Waals surface area contributed by atoms with Crippen LogP contribution in [0.2, 0.25) is 10.0 Å². The second kappa shape index (κ2) is 34.7. The predicted octanol–water partition coefficient (Wildman–Crippen LogP) is 7.24. The van der Waals surface area contributed by atoms with Crippen molar-refractivity contribution >= 4 is 80.1 Å². The molecule has 115 heavy (non-hydrogen) atoms. The third-order valence-electron chi connectivity index (χ3n) is 23.1. The number of nitrogens with one attached hydrogen (secondary N) is 5. The Morgan fingerprint density at radius 1 is 0.661 bits per heavy atom. The average molecular weight is 1650 g/mol. The fourth-order valence-corrected chi connectivity index (χ4v) is 18.9. The highest BCUT2D eigenvalue weighted by Gasteiger charge is 2.51. The summed E-state index contributed by atoms with van der Waals surface area (Å²) in [6, 6.07) is 11.7. The van der Waals surface area contributed by atoms with Crippen molar-refractivity contribution in [3.05, 3.63) is 141 Å². The number of ketones is 3. The Morgan fingerprint density at radius 2 is 1.30 bits per heavy atom. The van der Waals surface area contributed by atoms with Crippen LogP contribution in [-0.2, 0) is 57.9 Å². The van der Waals surface area contributed by atoms with E-state index in [4.69, 9.17) is 57.4 Å². The van der Waals surface area contributed by atoms with Gasteiger partial charge < -0.3 is 96.3 Å². The monoisotopic (exact) mass is 1650 g/mol. The molecule has 4 saturated carbocycles. The topological polar surface area (TPSA) is 474 Å². The molecule has 5 fully saturated rings. The second-order valence-electron chi connectivity index (χ2n) is 31.4. The molecule has 14 atom stereocenters. The first-order valence-electron chi connectivity index (χ1n) is 38.3. The highest BCUT2D eigenvalue weighted by molar-refractivity contribution is 7.90. The lowest BCUT2D eigenvalue weighted by Gasteiger charge is -2.54. The molecule has 15 N–H and O–H groups in total. The van der Waals surface area contributed by atoms with Crippen LogP contribution in [0.3, 0.4) is 0 Å². The Hall–Kier alpha value is -9.51. The zero-order chi connectivity index (χ0) is 82.3. The minimum atomic E-state index is -4.86. The van der Waals surface area contributed by atoms with Crippen LogP contribution in [0.5, 0.6) is 51.7 Å². The zero-order valence-corrected chi connectivity index (χ0v) is 65.4. The van der Waals surface area contributed by atoms with E-state index in [1.54, 1.807) is 6.92 Å². The molecule has 614 valence electrons. The smallest absolute Gasteiger partial charge is 0.264 e. The van der Waals surface area contributed by atoms with Crippen molar-refractivity contribution in [3.63, 3.8) is 0 Å². The normalized spacial score (nSPS) is 28.2. The molecule has 10 aliphatic rings. The lowest BCUT2D eigenvalue weighted by molar-refractivity contribution is -0.270. The number of ether oxygens (including phenoxy) is 6. The Balaban J connectivity index is 1.000. The maximum atomic E-state index is 16.6. The van der Waals surface area contributed by atoms with Gasteiger partial charge in [0.1, 0.15) is 102 Å². The lowest BCUT2D eigenvalue weighted by Crippen LogP contribution is -2.60. The zero-order valence-electron chi connectivity index (χ0n) is 63.1. The number of hydrogen-bond acceptors (Lipinski definition) is 25. The number of phenolic OH excluding ortho intramolecular Hbond substituents is 3. The van der Waals surface area contributed by atoms with Crippen LogP contribution in [-0.4, -0.2) is 166 Å². The van der Waals surface area contributed by atoms with Gasteiger partial charge in [0.2, 0.25) is 41.6 Å². The summed E-state index contributed by atoms with van der Waals surface area (Å²) in [7, 11) is -3.40. The molecule has 5 amide bonds. The minimum Gasteiger partial charge on any atom is -0.508 e. The van der Waals surface area contributed by atoms with Gasteiger partial charge >= 0.3 is 0 Å². The van der Waals surface area contributed by atoms with Crippen molar-refractivity contribution in [1.82, 2.24) is 26.0 Å². The van der Waals surface area contributed by atoms with E-state index in [1.807, 2.05) is 18.6 Å². The number of rotatable bonds is 19. The summed E-state index contributed by atoms with van der Waals surface area (Å²) in [5, 5.41) is 105. The molecule has 6 aliphatic heterocycles. The number of sulfonamides is 1. The first kappa shape index (κ1) is 83.4. The van der Waals surface area contributed by atoms with Gasteiger partial charge in [0.25, 0.3) is 10.0 Å². The molecule has 6 aromatic rings. The lowest BCUT2D eigenvalue weighted by atomic mass is 9.51. The summed E-state index contributed by atoms with van der Waals surface area (Å²) in [6.07, 6.45) is -11.8. The van der Waals surface area contributed by atoms with Gasteiger partial charge in [0.15, 0.2) is 28.8 Å². The Morgan fingerprint density at radius 3 is 1.90 bits per heavy atom. The SMILES string of the molecule is CC[C@H](CC(C)C)C(=O)N[C@H]1C(=O)C[C@@H](CC(=O)NS(=O)(=O)c2ccc(OCCOC)cc2)C(=O)N[C@H]2C(=O)C[C@H]3C(=O)N[C@H](C(=O)N[C@H](C(=O)CC4C5CC6CC(C5)CC4C6)c4cc(O)cc(O)c4-c4cc3ccc4O)[C@H](O)c3ccc(c(Cl)c3)Oc3cc2cc(c3O[C@@H]2O[C@H](CN)[C@@H](O)[C@H](O)[C@H]2O)Oc2ccc(cc2Cl)[C@H]1O. The van der Waals surface area contributed by atoms with Crippen LogP contribution in [0, 0.1) is 47.3 Å². The standard InChI is InChI=1S/C82H92Cl2N6O24S/c1-5-39(18-36(2)3)78(103)88-70-58(94)27-46(30-66(97)90-115(107,108)49-11-9-48(10-12-49)110-17-16-109-4)79(104)86-68-45-28-63(111-61-14-7-41(72(70)98)25-54(61)83)77(114-82-76(102)75(101)74(100)65(35-85)113-82)64(29-45)112-62-15-8-42(26-55(62)84)73(99)71-81(106)87-69(60(96)33-50-43-20-37-19-38(22-43)23-44(50)21-37)53-31-47(91)32-57(93)67(53)52-24-40(6-13-56(52)92)51(34-59(68)95)80(105)89-71/h6-15,24-26,28-29,31-32,36-39,43-44,46,50-51,65,68-76,82,91-93,98-102H,5,16-23,27,30,33-35,85H2,1-4H3,(H,86,104)(H,87,106)(H,88,103)(H,89,105)(H,90,97)/t37?,38?,39-,43?,44?,46+,50?,51-,65-,68-,69+,70+,71+,72-,73-,74-,75+,76-,82+/m1/s1. The van der Waals surface area contributed by atoms with Crippen LogP contribution in [0.15, 0.2) is 108 Å². The Kier molecular flexibility index (Phi) is 25.2. The average Bonchev–Trinajstić information content (AvgIpc) is 0.757. The number of aliphatic hydroxyl groups excluding tert-OH is 5. The van der Waals surface area contributed by atoms with Crippen molar-refractivity contribution in [2.75, 3.05) is 26.9 Å². The molecule has 4 aliphatic carbocycles. The number of nitrogens with two attached hydrogens (primary N) is 1. The molecule has 16 rings (SSSR count). The Labute approximate surface area is 671 Å². The molecule has 0 radical (unpaired) electrons. The van der Waals surface area contributed by atoms with Gasteiger partial charge in [-0.2, -0.15) is 0 Å². The molecule has 6 heterocycles. The third kappa shape index (κ3) is 17.9. The maximum absolute atomic E-state index is 16.6. The first-order valence-corrected chi connectivity index (χ1v) is 40.5. The second-order valence-corrected chi connectivity index (χ2v) is 33.9. The maximum Gasteiger partial charge on any atom is 0.264 e. The highest BCUT2D eigenvalue weighted by Crippen LogP contribution is 2.58. The van der Waals surface area contributed by atoms with Gasteiger partial charge in [0.05, 0.1) is 33.4 Å². The predicted molar refractivity (Wildman–Crippen MR) is 411 cm³/mol. The van der Waals surface area contributed by atoms with Crippen molar-refractivity contribution in [2.24, 2.45) is 53.1 Å². The van der Waals surface area contributed by atoms with Gasteiger partial charge in [-0.1, -0.05) is 62.2 Å². The number of aliphatic hydroxyl groups is 5. The number of phenols is 3. The molecule has 0 spiro atoms. The molecule has 6 aromatic carbocycles. The first-order chi connectivity index (χ1) is 54.8. The summed E-state index contributed by atoms with van der Waals surface area (Å²) >= 11 is 14.3. The number of benzene rings is 6. The van der Waals surface area contributed by atoms with Crippen LogP contribution in [0.25, 0.3) is 11.1 Å². The number of Topliss-reactive ketones (excluding diaryl/α,β-unsaturated/α-hetero) is 3.